The van der Waals surface area contributed by atoms with Gasteiger partial charge in [-0.25, -0.2) is 0 Å². The Morgan fingerprint density at radius 2 is 1.96 bits per heavy atom. The number of aryl methyl sites for hydroxylation is 2. The molecule has 1 aromatic carbocycles. The van der Waals surface area contributed by atoms with Crippen LogP contribution in [0.3, 0.4) is 0 Å². The van der Waals surface area contributed by atoms with Gasteiger partial charge in [-0.05, 0) is 38.6 Å². The van der Waals surface area contributed by atoms with Crippen molar-refractivity contribution in [1.82, 2.24) is 4.98 Å². The van der Waals surface area contributed by atoms with E-state index in [2.05, 4.69) is 24.0 Å². The van der Waals surface area contributed by atoms with Crippen molar-refractivity contribution in [2.45, 2.75) is 27.7 Å². The van der Waals surface area contributed by atoms with Crippen LogP contribution in [0.25, 0.3) is 22.2 Å². The standard InChI is InChI=1S/C15H12NO.C5H8O2.Ir/c1-10-3-5-12(6-4-10)15-13-9-11(2)17-14(13)7-8-16-15;1-4(6)3-5(2)7;/h3-5,7-9H,1-2H3;3,6H,1-2H3;/q-1;;. The summed E-state index contributed by atoms with van der Waals surface area (Å²) in [7, 11) is 0. The third-order valence-electron chi connectivity index (χ3n) is 3.20. The first-order chi connectivity index (χ1) is 11.4. The summed E-state index contributed by atoms with van der Waals surface area (Å²) in [6, 6.07) is 13.2. The van der Waals surface area contributed by atoms with Gasteiger partial charge in [0.1, 0.15) is 11.3 Å². The number of benzene rings is 1. The summed E-state index contributed by atoms with van der Waals surface area (Å²) in [4.78, 5) is 14.4. The molecule has 3 aromatic rings. The van der Waals surface area contributed by atoms with Crippen LogP contribution in [0.5, 0.6) is 0 Å². The second kappa shape index (κ2) is 9.30. The normalized spacial score (nSPS) is 10.6. The Balaban J connectivity index is 0.000000339. The summed E-state index contributed by atoms with van der Waals surface area (Å²) < 4.78 is 5.60. The first-order valence-electron chi connectivity index (χ1n) is 7.58. The predicted octanol–water partition coefficient (Wildman–Crippen LogP) is 4.95. The van der Waals surface area contributed by atoms with Gasteiger partial charge >= 0.3 is 0 Å². The molecule has 0 unspecified atom stereocenters. The van der Waals surface area contributed by atoms with E-state index in [1.165, 1.54) is 25.5 Å². The molecule has 1 radical (unpaired) electrons. The Bertz CT molecular complexity index is 876. The van der Waals surface area contributed by atoms with Crippen molar-refractivity contribution in [2.75, 3.05) is 0 Å². The zero-order chi connectivity index (χ0) is 17.7. The Labute approximate surface area is 160 Å². The van der Waals surface area contributed by atoms with Crippen LogP contribution in [0.1, 0.15) is 25.2 Å². The molecular weight excluding hydrogens is 494 g/mol. The van der Waals surface area contributed by atoms with Crippen molar-refractivity contribution in [3.05, 3.63) is 65.8 Å². The minimum absolute atomic E-state index is 0. The molecule has 0 bridgehead atoms. The monoisotopic (exact) mass is 515 g/mol. The number of nitrogens with zero attached hydrogens (tertiary/aromatic N) is 1. The van der Waals surface area contributed by atoms with Crippen molar-refractivity contribution < 1.29 is 34.4 Å². The van der Waals surface area contributed by atoms with Crippen LogP contribution in [0.4, 0.5) is 0 Å². The van der Waals surface area contributed by atoms with Crippen LogP contribution in [0.2, 0.25) is 0 Å². The number of carbonyl (C=O) groups excluding carboxylic acids is 1. The quantitative estimate of drug-likeness (QED) is 0.299. The van der Waals surface area contributed by atoms with Crippen molar-refractivity contribution >= 4 is 16.8 Å². The van der Waals surface area contributed by atoms with Gasteiger partial charge in [-0.2, -0.15) is 0 Å². The summed E-state index contributed by atoms with van der Waals surface area (Å²) in [5.74, 6) is 0.842. The molecule has 0 saturated heterocycles. The molecule has 0 aliphatic carbocycles. The Morgan fingerprint density at radius 3 is 2.48 bits per heavy atom. The van der Waals surface area contributed by atoms with E-state index in [0.717, 1.165) is 28.0 Å². The fourth-order valence-corrected chi connectivity index (χ4v) is 2.25. The van der Waals surface area contributed by atoms with Crippen molar-refractivity contribution in [1.29, 1.82) is 0 Å². The van der Waals surface area contributed by atoms with Gasteiger partial charge in [-0.15, -0.1) is 35.4 Å². The van der Waals surface area contributed by atoms with E-state index in [1.54, 1.807) is 6.20 Å². The minimum atomic E-state index is -0.125. The molecule has 0 saturated carbocycles. The third kappa shape index (κ3) is 5.96. The molecule has 0 amide bonds. The molecule has 1 N–H and O–H groups in total. The molecule has 4 nitrogen and oxygen atoms in total. The molecule has 25 heavy (non-hydrogen) atoms. The van der Waals surface area contributed by atoms with Gasteiger partial charge in [0.2, 0.25) is 0 Å². The topological polar surface area (TPSA) is 63.3 Å². The number of aromatic nitrogens is 1. The number of ketones is 1. The molecular formula is C20H20IrNO3-. The molecule has 0 aliphatic heterocycles. The van der Waals surface area contributed by atoms with Gasteiger partial charge < -0.3 is 14.5 Å². The Morgan fingerprint density at radius 1 is 1.24 bits per heavy atom. The van der Waals surface area contributed by atoms with Crippen molar-refractivity contribution in [2.24, 2.45) is 0 Å². The minimum Gasteiger partial charge on any atom is -0.512 e. The Kier molecular flexibility index (Phi) is 7.75. The molecule has 0 fully saturated rings. The van der Waals surface area contributed by atoms with E-state index in [4.69, 9.17) is 9.52 Å². The molecule has 2 heterocycles. The summed E-state index contributed by atoms with van der Waals surface area (Å²) in [5.41, 5.74) is 4.01. The third-order valence-corrected chi connectivity index (χ3v) is 3.20. The largest absolute Gasteiger partial charge is 0.512 e. The molecule has 5 heteroatoms. The summed E-state index contributed by atoms with van der Waals surface area (Å²) in [5, 5.41) is 9.41. The second-order valence-electron chi connectivity index (χ2n) is 5.60. The van der Waals surface area contributed by atoms with E-state index in [-0.39, 0.29) is 31.6 Å². The maximum absolute atomic E-state index is 10.0. The maximum atomic E-state index is 10.0. The molecule has 2 aromatic heterocycles. The smallest absolute Gasteiger partial charge is 0.155 e. The zero-order valence-electron chi connectivity index (χ0n) is 14.6. The van der Waals surface area contributed by atoms with Gasteiger partial charge in [0.05, 0.1) is 5.76 Å². The van der Waals surface area contributed by atoms with Crippen LogP contribution in [0, 0.1) is 19.9 Å². The first kappa shape index (κ1) is 20.8. The van der Waals surface area contributed by atoms with Crippen LogP contribution in [-0.2, 0) is 24.9 Å². The Hall–Kier alpha value is -2.23. The second-order valence-corrected chi connectivity index (χ2v) is 5.60. The number of hydrogen-bond acceptors (Lipinski definition) is 4. The first-order valence-corrected chi connectivity index (χ1v) is 7.58. The molecule has 3 rings (SSSR count). The number of aliphatic hydroxyl groups is 1. The SMILES string of the molecule is CC(=O)C=C(C)O.Cc1c[c-]c(-c2nccc3oc(C)cc23)cc1.[Ir]. The van der Waals surface area contributed by atoms with E-state index in [1.807, 2.05) is 31.2 Å². The van der Waals surface area contributed by atoms with Crippen LogP contribution in [-0.4, -0.2) is 15.9 Å². The van der Waals surface area contributed by atoms with E-state index in [9.17, 15) is 4.79 Å². The fraction of sp³-hybridized carbons (Fsp3) is 0.200. The van der Waals surface area contributed by atoms with E-state index >= 15 is 0 Å². The summed E-state index contributed by atoms with van der Waals surface area (Å²) in [6.07, 6.45) is 2.94. The number of furan rings is 1. The van der Waals surface area contributed by atoms with E-state index < -0.39 is 0 Å². The number of allylic oxidation sites excluding steroid dienone is 2. The summed E-state index contributed by atoms with van der Waals surface area (Å²) >= 11 is 0. The van der Waals surface area contributed by atoms with Gasteiger partial charge in [-0.3, -0.25) is 4.79 Å². The number of aliphatic hydroxyl groups excluding tert-OH is 1. The van der Waals surface area contributed by atoms with Gasteiger partial charge in [-0.1, -0.05) is 6.92 Å². The van der Waals surface area contributed by atoms with E-state index in [0.29, 0.717) is 0 Å². The number of carbonyl (C=O) groups is 1. The van der Waals surface area contributed by atoms with Crippen molar-refractivity contribution in [3.8, 4) is 11.3 Å². The van der Waals surface area contributed by atoms with Crippen LogP contribution in [0.15, 0.2) is 52.8 Å². The number of hydrogen-bond donors (Lipinski definition) is 1. The average Bonchev–Trinajstić information content (AvgIpc) is 2.87. The average molecular weight is 515 g/mol. The molecule has 133 valence electrons. The van der Waals surface area contributed by atoms with Crippen molar-refractivity contribution in [3.63, 3.8) is 0 Å². The maximum Gasteiger partial charge on any atom is 0.155 e. The number of rotatable bonds is 2. The van der Waals surface area contributed by atoms with Crippen LogP contribution >= 0.6 is 0 Å². The molecule has 0 spiro atoms. The zero-order valence-corrected chi connectivity index (χ0v) is 17.0. The predicted molar refractivity (Wildman–Crippen MR) is 94.8 cm³/mol. The fourth-order valence-electron chi connectivity index (χ4n) is 2.25. The number of fused-ring (bicyclic) bond motifs is 1. The van der Waals surface area contributed by atoms with Gasteiger partial charge in [0.25, 0.3) is 0 Å². The number of pyridine rings is 1. The molecule has 0 atom stereocenters. The summed E-state index contributed by atoms with van der Waals surface area (Å²) in [6.45, 7) is 6.85. The van der Waals surface area contributed by atoms with Crippen LogP contribution < -0.4 is 0 Å². The molecule has 0 aliphatic rings. The van der Waals surface area contributed by atoms with Gasteiger partial charge in [0.15, 0.2) is 5.78 Å². The van der Waals surface area contributed by atoms with Gasteiger partial charge in [0, 0.05) is 37.8 Å².